The minimum absolute atomic E-state index is 0.319. The average molecular weight is 483 g/mol. The van der Waals surface area contributed by atoms with Crippen molar-refractivity contribution >= 4 is 36.2 Å². The highest BCUT2D eigenvalue weighted by atomic mass is 16.6. The van der Waals surface area contributed by atoms with Gasteiger partial charge in [0.2, 0.25) is 0 Å². The van der Waals surface area contributed by atoms with Crippen molar-refractivity contribution in [3.63, 3.8) is 0 Å². The van der Waals surface area contributed by atoms with E-state index in [0.717, 1.165) is 22.3 Å². The topological polar surface area (TPSA) is 52.6 Å². The summed E-state index contributed by atoms with van der Waals surface area (Å²) in [6.45, 7) is 11.1. The van der Waals surface area contributed by atoms with Crippen LogP contribution in [0.25, 0.3) is 24.3 Å². The smallest absolute Gasteiger partial charge is 0.338 e. The number of carbonyl (C=O) groups excluding carboxylic acids is 2. The van der Waals surface area contributed by atoms with Gasteiger partial charge in [-0.25, -0.2) is 9.59 Å². The molecule has 0 spiro atoms. The number of ether oxygens (including phenoxy) is 2. The molecule has 0 N–H and O–H groups in total. The summed E-state index contributed by atoms with van der Waals surface area (Å²) >= 11 is 0. The molecule has 0 aromatic heterocycles. The molecule has 0 saturated heterocycles. The normalized spacial score (nSPS) is 12.2. The van der Waals surface area contributed by atoms with Crippen LogP contribution in [0, 0.1) is 0 Å². The Morgan fingerprint density at radius 2 is 0.694 bits per heavy atom. The molecule has 0 saturated carbocycles. The molecule has 0 unspecified atom stereocenters. The Bertz CT molecular complexity index is 1130. The summed E-state index contributed by atoms with van der Waals surface area (Å²) in [6.07, 6.45) is 8.09. The fourth-order valence-corrected chi connectivity index (χ4v) is 3.24. The summed E-state index contributed by atoms with van der Waals surface area (Å²) < 4.78 is 10.8. The van der Waals surface area contributed by atoms with Crippen molar-refractivity contribution < 1.29 is 19.1 Å². The van der Waals surface area contributed by atoms with Crippen molar-refractivity contribution in [2.75, 3.05) is 0 Å². The summed E-state index contributed by atoms with van der Waals surface area (Å²) in [6, 6.07) is 22.9. The minimum Gasteiger partial charge on any atom is -0.456 e. The average Bonchev–Trinajstić information content (AvgIpc) is 2.80. The van der Waals surface area contributed by atoms with E-state index in [1.165, 1.54) is 0 Å². The summed E-state index contributed by atoms with van der Waals surface area (Å²) in [7, 11) is 0. The molecule has 3 rings (SSSR count). The molecule has 0 amide bonds. The van der Waals surface area contributed by atoms with Gasteiger partial charge >= 0.3 is 11.9 Å². The van der Waals surface area contributed by atoms with Crippen LogP contribution in [0.15, 0.2) is 72.8 Å². The number of hydrogen-bond donors (Lipinski definition) is 0. The van der Waals surface area contributed by atoms with Crippen LogP contribution >= 0.6 is 0 Å². The number of esters is 2. The van der Waals surface area contributed by atoms with E-state index in [4.69, 9.17) is 9.47 Å². The third-order valence-electron chi connectivity index (χ3n) is 4.96. The molecule has 0 radical (unpaired) electrons. The maximum atomic E-state index is 12.1. The lowest BCUT2D eigenvalue weighted by molar-refractivity contribution is 0.00570. The Morgan fingerprint density at radius 1 is 0.472 bits per heavy atom. The molecule has 4 heteroatoms. The molecule has 0 aliphatic carbocycles. The van der Waals surface area contributed by atoms with E-state index in [2.05, 4.69) is 24.3 Å². The van der Waals surface area contributed by atoms with E-state index in [1.807, 2.05) is 90.1 Å². The Balaban J connectivity index is 1.57. The van der Waals surface area contributed by atoms with Gasteiger partial charge in [-0.05, 0) is 88.1 Å². The molecule has 0 bridgehead atoms. The Kier molecular flexibility index (Phi) is 8.31. The van der Waals surface area contributed by atoms with Gasteiger partial charge in [0, 0.05) is 0 Å². The van der Waals surface area contributed by atoms with Crippen molar-refractivity contribution in [1.82, 2.24) is 0 Å². The summed E-state index contributed by atoms with van der Waals surface area (Å²) in [5.41, 5.74) is 4.21. The molecule has 0 fully saturated rings. The van der Waals surface area contributed by atoms with Crippen LogP contribution in [0.3, 0.4) is 0 Å². The zero-order valence-electron chi connectivity index (χ0n) is 21.9. The van der Waals surface area contributed by atoms with Crippen molar-refractivity contribution in [2.45, 2.75) is 52.7 Å². The van der Waals surface area contributed by atoms with Crippen LogP contribution in [-0.2, 0) is 9.47 Å². The van der Waals surface area contributed by atoms with E-state index in [-0.39, 0.29) is 11.9 Å². The van der Waals surface area contributed by atoms with Crippen LogP contribution in [0.1, 0.15) is 84.5 Å². The summed E-state index contributed by atoms with van der Waals surface area (Å²) in [4.78, 5) is 24.3. The zero-order valence-corrected chi connectivity index (χ0v) is 21.9. The minimum atomic E-state index is -0.511. The molecule has 0 atom stereocenters. The van der Waals surface area contributed by atoms with Crippen molar-refractivity contribution in [3.8, 4) is 0 Å². The highest BCUT2D eigenvalue weighted by molar-refractivity contribution is 5.90. The molecule has 0 heterocycles. The van der Waals surface area contributed by atoms with Crippen LogP contribution < -0.4 is 0 Å². The van der Waals surface area contributed by atoms with Gasteiger partial charge in [0.15, 0.2) is 0 Å². The lowest BCUT2D eigenvalue weighted by Gasteiger charge is -2.19. The maximum absolute atomic E-state index is 12.1. The van der Waals surface area contributed by atoms with Gasteiger partial charge in [-0.3, -0.25) is 0 Å². The number of carbonyl (C=O) groups is 2. The molecule has 4 nitrogen and oxygen atoms in total. The first kappa shape index (κ1) is 26.7. The monoisotopic (exact) mass is 482 g/mol. The van der Waals surface area contributed by atoms with Gasteiger partial charge < -0.3 is 9.47 Å². The molecular weight excluding hydrogens is 448 g/mol. The first-order chi connectivity index (χ1) is 16.9. The lowest BCUT2D eigenvalue weighted by Crippen LogP contribution is -2.23. The molecule has 186 valence electrons. The molecule has 0 aliphatic heterocycles. The second kappa shape index (κ2) is 11.2. The van der Waals surface area contributed by atoms with Crippen molar-refractivity contribution in [1.29, 1.82) is 0 Å². The van der Waals surface area contributed by atoms with E-state index >= 15 is 0 Å². The van der Waals surface area contributed by atoms with E-state index < -0.39 is 11.2 Å². The fraction of sp³-hybridized carbons (Fsp3) is 0.250. The molecule has 0 aliphatic rings. The number of rotatable bonds is 6. The largest absolute Gasteiger partial charge is 0.456 e. The van der Waals surface area contributed by atoms with Crippen LogP contribution in [0.2, 0.25) is 0 Å². The predicted molar refractivity (Wildman–Crippen MR) is 148 cm³/mol. The van der Waals surface area contributed by atoms with Crippen LogP contribution in [0.4, 0.5) is 0 Å². The molecule has 3 aromatic rings. The van der Waals surface area contributed by atoms with Crippen LogP contribution in [0.5, 0.6) is 0 Å². The fourth-order valence-electron chi connectivity index (χ4n) is 3.24. The van der Waals surface area contributed by atoms with E-state index in [9.17, 15) is 9.59 Å². The third-order valence-corrected chi connectivity index (χ3v) is 4.96. The second-order valence-corrected chi connectivity index (χ2v) is 10.6. The molecule has 3 aromatic carbocycles. The summed E-state index contributed by atoms with van der Waals surface area (Å²) in [5.74, 6) is -0.638. The second-order valence-electron chi connectivity index (χ2n) is 10.6. The number of hydrogen-bond acceptors (Lipinski definition) is 4. The van der Waals surface area contributed by atoms with Gasteiger partial charge in [-0.2, -0.15) is 0 Å². The Hall–Kier alpha value is -3.92. The van der Waals surface area contributed by atoms with E-state index in [1.54, 1.807) is 24.3 Å². The zero-order chi connectivity index (χ0) is 26.3. The quantitative estimate of drug-likeness (QED) is 0.264. The molecular formula is C32H34O4. The highest BCUT2D eigenvalue weighted by Crippen LogP contribution is 2.17. The van der Waals surface area contributed by atoms with E-state index in [0.29, 0.717) is 11.1 Å². The van der Waals surface area contributed by atoms with Gasteiger partial charge in [-0.15, -0.1) is 0 Å². The van der Waals surface area contributed by atoms with Gasteiger partial charge in [0.05, 0.1) is 11.1 Å². The summed E-state index contributed by atoms with van der Waals surface area (Å²) in [5, 5.41) is 0. The Morgan fingerprint density at radius 3 is 0.917 bits per heavy atom. The Labute approximate surface area is 214 Å². The van der Waals surface area contributed by atoms with Crippen molar-refractivity contribution in [3.05, 3.63) is 106 Å². The third kappa shape index (κ3) is 8.70. The first-order valence-electron chi connectivity index (χ1n) is 12.0. The standard InChI is InChI=1S/C32H34O4/c1-31(2,3)35-29(33)27-19-15-25(16-20-27)13-11-23-7-9-24(10-8-23)12-14-26-17-21-28(22-18-26)30(34)36-32(4,5)6/h7-22H,1-6H3/b13-11-,14-12+. The SMILES string of the molecule is CC(C)(C)OC(=O)c1ccc(/C=C\c2ccc(/C=C/c3ccc(C(=O)OC(C)(C)C)cc3)cc2)cc1. The molecule has 36 heavy (non-hydrogen) atoms. The first-order valence-corrected chi connectivity index (χ1v) is 12.0. The van der Waals surface area contributed by atoms with Gasteiger partial charge in [-0.1, -0.05) is 72.8 Å². The van der Waals surface area contributed by atoms with Crippen LogP contribution in [-0.4, -0.2) is 23.1 Å². The number of benzene rings is 3. The van der Waals surface area contributed by atoms with Crippen molar-refractivity contribution in [2.24, 2.45) is 0 Å². The lowest BCUT2D eigenvalue weighted by atomic mass is 10.1. The highest BCUT2D eigenvalue weighted by Gasteiger charge is 2.18. The predicted octanol–water partition coefficient (Wildman–Crippen LogP) is 7.94. The van der Waals surface area contributed by atoms with Gasteiger partial charge in [0.25, 0.3) is 0 Å². The van der Waals surface area contributed by atoms with Gasteiger partial charge in [0.1, 0.15) is 11.2 Å². The maximum Gasteiger partial charge on any atom is 0.338 e.